The number of carbonyl (C=O) groups excluding carboxylic acids is 1. The minimum atomic E-state index is -1.41. The Hall–Kier alpha value is -1.16. The molecule has 1 heterocycles. The van der Waals surface area contributed by atoms with Crippen LogP contribution in [0.15, 0.2) is 0 Å². The Labute approximate surface area is 94.2 Å². The summed E-state index contributed by atoms with van der Waals surface area (Å²) in [7, 11) is 1.23. The van der Waals surface area contributed by atoms with Gasteiger partial charge < -0.3 is 18.9 Å². The first-order valence-corrected chi connectivity index (χ1v) is 4.91. The summed E-state index contributed by atoms with van der Waals surface area (Å²) in [5.41, 5.74) is -1.41. The van der Waals surface area contributed by atoms with Crippen molar-refractivity contribution in [3.05, 3.63) is 11.4 Å². The van der Waals surface area contributed by atoms with Crippen molar-refractivity contribution in [1.82, 2.24) is 0 Å². The van der Waals surface area contributed by atoms with Gasteiger partial charge in [0.25, 0.3) is 5.97 Å². The van der Waals surface area contributed by atoms with Gasteiger partial charge in [-0.3, -0.25) is 4.85 Å². The summed E-state index contributed by atoms with van der Waals surface area (Å²) in [5, 5.41) is 0. The highest BCUT2D eigenvalue weighted by molar-refractivity contribution is 5.83. The number of hydrogen-bond acceptors (Lipinski definition) is 5. The van der Waals surface area contributed by atoms with Gasteiger partial charge in [0.1, 0.15) is 13.2 Å². The molecule has 0 N–H and O–H groups in total. The summed E-state index contributed by atoms with van der Waals surface area (Å²) in [6.45, 7) is 10.7. The first kappa shape index (κ1) is 12.9. The van der Waals surface area contributed by atoms with Gasteiger partial charge >= 0.3 is 11.5 Å². The van der Waals surface area contributed by atoms with E-state index in [2.05, 4.69) is 9.58 Å². The fourth-order valence-corrected chi connectivity index (χ4v) is 1.35. The molecule has 0 unspecified atom stereocenters. The van der Waals surface area contributed by atoms with Gasteiger partial charge in [-0.25, -0.2) is 11.4 Å². The molecule has 0 saturated carbocycles. The van der Waals surface area contributed by atoms with Crippen LogP contribution in [0.25, 0.3) is 4.85 Å². The highest BCUT2D eigenvalue weighted by Gasteiger charge is 2.55. The molecule has 1 fully saturated rings. The van der Waals surface area contributed by atoms with E-state index in [1.165, 1.54) is 7.11 Å². The Morgan fingerprint density at radius 1 is 1.50 bits per heavy atom. The molecular weight excluding hydrogens is 214 g/mol. The monoisotopic (exact) mass is 229 g/mol. The van der Waals surface area contributed by atoms with Gasteiger partial charge in [-0.05, 0) is 6.92 Å². The minimum Gasteiger partial charge on any atom is -0.463 e. The number of hydrogen-bond donors (Lipinski definition) is 0. The van der Waals surface area contributed by atoms with Gasteiger partial charge in [0.15, 0.2) is 0 Å². The van der Waals surface area contributed by atoms with Crippen molar-refractivity contribution in [1.29, 1.82) is 0 Å². The summed E-state index contributed by atoms with van der Waals surface area (Å²) >= 11 is 0. The Kier molecular flexibility index (Phi) is 3.86. The van der Waals surface area contributed by atoms with E-state index in [-0.39, 0.29) is 13.2 Å². The molecule has 6 heteroatoms. The molecule has 0 atom stereocenters. The zero-order chi connectivity index (χ0) is 12.2. The van der Waals surface area contributed by atoms with Crippen LogP contribution in [0.3, 0.4) is 0 Å². The number of rotatable bonds is 3. The molecule has 16 heavy (non-hydrogen) atoms. The minimum absolute atomic E-state index is 0.0975. The van der Waals surface area contributed by atoms with E-state index in [0.717, 1.165) is 0 Å². The molecule has 90 valence electrons. The van der Waals surface area contributed by atoms with Crippen molar-refractivity contribution in [2.45, 2.75) is 25.4 Å². The highest BCUT2D eigenvalue weighted by atomic mass is 16.9. The summed E-state index contributed by atoms with van der Waals surface area (Å²) in [5.74, 6) is -1.84. The first-order chi connectivity index (χ1) is 7.52. The van der Waals surface area contributed by atoms with Gasteiger partial charge in [0, 0.05) is 13.5 Å². The molecule has 0 amide bonds. The van der Waals surface area contributed by atoms with Crippen molar-refractivity contribution in [2.75, 3.05) is 26.9 Å². The van der Waals surface area contributed by atoms with Crippen LogP contribution in [0, 0.1) is 6.57 Å². The zero-order valence-corrected chi connectivity index (χ0v) is 9.61. The van der Waals surface area contributed by atoms with E-state index in [4.69, 9.17) is 20.8 Å². The Morgan fingerprint density at radius 3 is 2.44 bits per heavy atom. The summed E-state index contributed by atoms with van der Waals surface area (Å²) in [6.07, 6.45) is 0. The average molecular weight is 229 g/mol. The van der Waals surface area contributed by atoms with Crippen LogP contribution < -0.4 is 0 Å². The number of carbonyl (C=O) groups is 1. The van der Waals surface area contributed by atoms with E-state index in [9.17, 15) is 4.79 Å². The normalized spacial score (nSPS) is 34.1. The fourth-order valence-electron chi connectivity index (χ4n) is 1.35. The van der Waals surface area contributed by atoms with Crippen molar-refractivity contribution in [2.24, 2.45) is 0 Å². The second kappa shape index (κ2) is 4.78. The summed E-state index contributed by atoms with van der Waals surface area (Å²) < 4.78 is 20.3. The molecule has 0 aromatic heterocycles. The maximum absolute atomic E-state index is 11.5. The third-order valence-corrected chi connectivity index (χ3v) is 2.33. The van der Waals surface area contributed by atoms with E-state index >= 15 is 0 Å². The van der Waals surface area contributed by atoms with Crippen LogP contribution >= 0.6 is 0 Å². The molecule has 0 aromatic rings. The van der Waals surface area contributed by atoms with Gasteiger partial charge in [0.2, 0.25) is 0 Å². The molecule has 0 radical (unpaired) electrons. The standard InChI is InChI=1S/C10H15NO5/c1-5-14-9(2)15-6-10(11-3,7-16-9)8(12)13-4/h5-7H2,1-2,4H3. The highest BCUT2D eigenvalue weighted by Crippen LogP contribution is 2.28. The maximum atomic E-state index is 11.5. The van der Waals surface area contributed by atoms with E-state index in [1.54, 1.807) is 13.8 Å². The largest absolute Gasteiger partial charge is 0.463 e. The van der Waals surface area contributed by atoms with Crippen LogP contribution in [0.2, 0.25) is 0 Å². The van der Waals surface area contributed by atoms with E-state index in [0.29, 0.717) is 6.61 Å². The molecule has 1 aliphatic heterocycles. The second-order valence-electron chi connectivity index (χ2n) is 3.51. The Morgan fingerprint density at radius 2 is 2.06 bits per heavy atom. The van der Waals surface area contributed by atoms with Gasteiger partial charge in [-0.1, -0.05) is 0 Å². The molecular formula is C10H15NO5. The lowest BCUT2D eigenvalue weighted by atomic mass is 10.0. The molecule has 1 aliphatic rings. The van der Waals surface area contributed by atoms with Crippen molar-refractivity contribution < 1.29 is 23.7 Å². The quantitative estimate of drug-likeness (QED) is 0.523. The predicted molar refractivity (Wildman–Crippen MR) is 53.3 cm³/mol. The van der Waals surface area contributed by atoms with Crippen molar-refractivity contribution in [3.63, 3.8) is 0 Å². The summed E-state index contributed by atoms with van der Waals surface area (Å²) in [4.78, 5) is 14.7. The fraction of sp³-hybridized carbons (Fsp3) is 0.800. The predicted octanol–water partition coefficient (Wildman–Crippen LogP) is 0.574. The van der Waals surface area contributed by atoms with E-state index in [1.807, 2.05) is 0 Å². The van der Waals surface area contributed by atoms with Gasteiger partial charge in [-0.2, -0.15) is 0 Å². The second-order valence-corrected chi connectivity index (χ2v) is 3.51. The maximum Gasteiger partial charge on any atom is 0.398 e. The number of ether oxygens (including phenoxy) is 4. The smallest absolute Gasteiger partial charge is 0.398 e. The third kappa shape index (κ3) is 2.32. The number of methoxy groups -OCH3 is 1. The van der Waals surface area contributed by atoms with Crippen molar-refractivity contribution >= 4 is 5.97 Å². The topological polar surface area (TPSA) is 58.4 Å². The number of esters is 1. The molecule has 0 spiro atoms. The average Bonchev–Trinajstić information content (AvgIpc) is 2.30. The number of nitrogens with zero attached hydrogens (tertiary/aromatic N) is 1. The zero-order valence-electron chi connectivity index (χ0n) is 9.61. The molecule has 0 bridgehead atoms. The van der Waals surface area contributed by atoms with Crippen LogP contribution in [0.1, 0.15) is 13.8 Å². The molecule has 6 nitrogen and oxygen atoms in total. The lowest BCUT2D eigenvalue weighted by molar-refractivity contribution is -0.394. The molecule has 1 saturated heterocycles. The van der Waals surface area contributed by atoms with Crippen LogP contribution in [-0.4, -0.2) is 44.4 Å². The Balaban J connectivity index is 2.72. The Bertz CT molecular complexity index is 301. The molecule has 0 aromatic carbocycles. The van der Waals surface area contributed by atoms with Crippen LogP contribution in [0.4, 0.5) is 0 Å². The summed E-state index contributed by atoms with van der Waals surface area (Å²) in [6, 6.07) is 0. The van der Waals surface area contributed by atoms with E-state index < -0.39 is 17.5 Å². The van der Waals surface area contributed by atoms with Crippen LogP contribution in [-0.2, 0) is 23.7 Å². The third-order valence-electron chi connectivity index (χ3n) is 2.33. The lowest BCUT2D eigenvalue weighted by Gasteiger charge is -2.36. The lowest BCUT2D eigenvalue weighted by Crippen LogP contribution is -2.56. The van der Waals surface area contributed by atoms with Gasteiger partial charge in [-0.15, -0.1) is 0 Å². The molecule has 1 rings (SSSR count). The first-order valence-electron chi connectivity index (χ1n) is 4.91. The van der Waals surface area contributed by atoms with Crippen molar-refractivity contribution in [3.8, 4) is 0 Å². The van der Waals surface area contributed by atoms with Gasteiger partial charge in [0.05, 0.1) is 7.11 Å². The van der Waals surface area contributed by atoms with Crippen LogP contribution in [0.5, 0.6) is 0 Å². The SMILES string of the molecule is [C-]#[N+]C1(C(=O)OC)COC(C)(OCC)OC1. The molecule has 0 aliphatic carbocycles.